The molecule has 4 heteroatoms. The monoisotopic (exact) mass is 409 g/mol. The highest BCUT2D eigenvalue weighted by Gasteiger charge is 2.10. The second kappa shape index (κ2) is 8.76. The Labute approximate surface area is 181 Å². The van der Waals surface area contributed by atoms with Crippen LogP contribution in [0.1, 0.15) is 21.5 Å². The molecule has 0 saturated carbocycles. The van der Waals surface area contributed by atoms with Crippen LogP contribution in [0.2, 0.25) is 0 Å². The molecule has 4 aromatic rings. The van der Waals surface area contributed by atoms with Gasteiger partial charge in [-0.15, -0.1) is 0 Å². The number of hydrogen-bond donors (Lipinski definition) is 2. The Balaban J connectivity index is 1.49. The number of aromatic hydroxyl groups is 1. The zero-order chi connectivity index (χ0) is 21.8. The molecule has 0 bridgehead atoms. The highest BCUT2D eigenvalue weighted by Crippen LogP contribution is 2.30. The van der Waals surface area contributed by atoms with Gasteiger partial charge in [0, 0.05) is 17.3 Å². The molecule has 0 unspecified atom stereocenters. The summed E-state index contributed by atoms with van der Waals surface area (Å²) in [5, 5.41) is 12.4. The van der Waals surface area contributed by atoms with Gasteiger partial charge in [0.2, 0.25) is 0 Å². The average molecular weight is 409 g/mol. The van der Waals surface area contributed by atoms with Gasteiger partial charge in [-0.05, 0) is 72.5 Å². The third-order valence-corrected chi connectivity index (χ3v) is 5.11. The molecule has 31 heavy (non-hydrogen) atoms. The van der Waals surface area contributed by atoms with Crippen LogP contribution >= 0.6 is 0 Å². The van der Waals surface area contributed by atoms with Gasteiger partial charge in [0.15, 0.2) is 0 Å². The van der Waals surface area contributed by atoms with Crippen molar-refractivity contribution in [2.75, 3.05) is 5.32 Å². The number of nitrogens with one attached hydrogen (secondary N) is 1. The van der Waals surface area contributed by atoms with E-state index in [4.69, 9.17) is 4.74 Å². The molecule has 0 aromatic heterocycles. The number of aryl methyl sites for hydroxylation is 2. The molecule has 1 amide bonds. The number of carbonyl (C=O) groups is 1. The summed E-state index contributed by atoms with van der Waals surface area (Å²) in [5.74, 6) is 1.53. The van der Waals surface area contributed by atoms with E-state index >= 15 is 0 Å². The number of rotatable bonds is 5. The lowest BCUT2D eigenvalue weighted by molar-refractivity contribution is 0.102. The second-order valence-corrected chi connectivity index (χ2v) is 7.43. The van der Waals surface area contributed by atoms with Crippen molar-refractivity contribution in [2.45, 2.75) is 13.8 Å². The SMILES string of the molecule is Cc1ccccc1Oc1cc(NC(=O)c2ccc(-c3ccc(O)cc3)cc2)ccc1C. The maximum absolute atomic E-state index is 12.7. The summed E-state index contributed by atoms with van der Waals surface area (Å²) in [4.78, 5) is 12.7. The lowest BCUT2D eigenvalue weighted by atomic mass is 10.0. The van der Waals surface area contributed by atoms with Crippen molar-refractivity contribution in [3.05, 3.63) is 108 Å². The van der Waals surface area contributed by atoms with E-state index < -0.39 is 0 Å². The van der Waals surface area contributed by atoms with Crippen LogP contribution in [-0.4, -0.2) is 11.0 Å². The fourth-order valence-electron chi connectivity index (χ4n) is 3.25. The van der Waals surface area contributed by atoms with Gasteiger partial charge >= 0.3 is 0 Å². The van der Waals surface area contributed by atoms with Crippen molar-refractivity contribution in [1.82, 2.24) is 0 Å². The van der Waals surface area contributed by atoms with E-state index in [1.54, 1.807) is 24.3 Å². The van der Waals surface area contributed by atoms with Crippen LogP contribution in [0.15, 0.2) is 91.0 Å². The van der Waals surface area contributed by atoms with Gasteiger partial charge in [-0.3, -0.25) is 4.79 Å². The maximum Gasteiger partial charge on any atom is 0.255 e. The quantitative estimate of drug-likeness (QED) is 0.385. The van der Waals surface area contributed by atoms with Crippen LogP contribution in [0.5, 0.6) is 17.2 Å². The zero-order valence-corrected chi connectivity index (χ0v) is 17.4. The minimum atomic E-state index is -0.192. The molecule has 4 nitrogen and oxygen atoms in total. The Kier molecular flexibility index (Phi) is 5.72. The van der Waals surface area contributed by atoms with Gasteiger partial charge in [0.05, 0.1) is 0 Å². The van der Waals surface area contributed by atoms with Gasteiger partial charge in [0.25, 0.3) is 5.91 Å². The predicted octanol–water partition coefficient (Wildman–Crippen LogP) is 6.72. The Morgan fingerprint density at radius 3 is 2.03 bits per heavy atom. The third kappa shape index (κ3) is 4.75. The van der Waals surface area contributed by atoms with Crippen LogP contribution in [0.3, 0.4) is 0 Å². The van der Waals surface area contributed by atoms with Crippen LogP contribution in [0.25, 0.3) is 11.1 Å². The molecule has 0 spiro atoms. The standard InChI is InChI=1S/C27H23NO3/c1-18-5-3-4-6-25(18)31-26-17-23(14-7-19(26)2)28-27(30)22-10-8-20(9-11-22)21-12-15-24(29)16-13-21/h3-17,29H,1-2H3,(H,28,30). The molecule has 0 aliphatic carbocycles. The van der Waals surface area contributed by atoms with Gasteiger partial charge in [-0.25, -0.2) is 0 Å². The molecule has 154 valence electrons. The number of phenols is 1. The fourth-order valence-corrected chi connectivity index (χ4v) is 3.25. The molecule has 0 fully saturated rings. The second-order valence-electron chi connectivity index (χ2n) is 7.43. The van der Waals surface area contributed by atoms with E-state index in [2.05, 4.69) is 5.32 Å². The molecule has 4 rings (SSSR count). The van der Waals surface area contributed by atoms with Gasteiger partial charge < -0.3 is 15.2 Å². The minimum Gasteiger partial charge on any atom is -0.508 e. The number of ether oxygens (including phenoxy) is 1. The molecule has 2 N–H and O–H groups in total. The summed E-state index contributed by atoms with van der Waals surface area (Å²) in [6, 6.07) is 27.8. The Hall–Kier alpha value is -4.05. The molecular formula is C27H23NO3. The third-order valence-electron chi connectivity index (χ3n) is 5.11. The summed E-state index contributed by atoms with van der Waals surface area (Å²) in [7, 11) is 0. The first-order chi connectivity index (χ1) is 15.0. The van der Waals surface area contributed by atoms with Crippen molar-refractivity contribution >= 4 is 11.6 Å². The Bertz CT molecular complexity index is 1210. The highest BCUT2D eigenvalue weighted by atomic mass is 16.5. The van der Waals surface area contributed by atoms with E-state index in [1.807, 2.05) is 80.6 Å². The first-order valence-electron chi connectivity index (χ1n) is 10.0. The van der Waals surface area contributed by atoms with E-state index in [-0.39, 0.29) is 11.7 Å². The first-order valence-corrected chi connectivity index (χ1v) is 10.0. The normalized spacial score (nSPS) is 10.5. The van der Waals surface area contributed by atoms with Gasteiger partial charge in [0.1, 0.15) is 17.2 Å². The Morgan fingerprint density at radius 1 is 0.742 bits per heavy atom. The van der Waals surface area contributed by atoms with Gasteiger partial charge in [-0.1, -0.05) is 48.5 Å². The predicted molar refractivity (Wildman–Crippen MR) is 124 cm³/mol. The number of para-hydroxylation sites is 1. The molecule has 0 aliphatic heterocycles. The topological polar surface area (TPSA) is 58.6 Å². The summed E-state index contributed by atoms with van der Waals surface area (Å²) in [5.41, 5.74) is 5.21. The molecule has 0 heterocycles. The van der Waals surface area contributed by atoms with Crippen LogP contribution in [0.4, 0.5) is 5.69 Å². The number of phenolic OH excluding ortho intramolecular Hbond substituents is 1. The molecular weight excluding hydrogens is 386 g/mol. The number of benzene rings is 4. The van der Waals surface area contributed by atoms with Crippen LogP contribution in [0, 0.1) is 13.8 Å². The minimum absolute atomic E-state index is 0.192. The zero-order valence-electron chi connectivity index (χ0n) is 17.4. The number of anilines is 1. The molecule has 0 saturated heterocycles. The summed E-state index contributed by atoms with van der Waals surface area (Å²) in [6.07, 6.45) is 0. The first kappa shape index (κ1) is 20.2. The van der Waals surface area contributed by atoms with Crippen molar-refractivity contribution in [3.8, 4) is 28.4 Å². The van der Waals surface area contributed by atoms with Crippen molar-refractivity contribution in [3.63, 3.8) is 0 Å². The lowest BCUT2D eigenvalue weighted by Gasteiger charge is -2.13. The van der Waals surface area contributed by atoms with E-state index in [9.17, 15) is 9.90 Å². The Morgan fingerprint density at radius 2 is 1.35 bits per heavy atom. The fraction of sp³-hybridized carbons (Fsp3) is 0.0741. The number of hydrogen-bond acceptors (Lipinski definition) is 3. The molecule has 0 aliphatic rings. The van der Waals surface area contributed by atoms with E-state index in [1.165, 1.54) is 0 Å². The van der Waals surface area contributed by atoms with Crippen molar-refractivity contribution < 1.29 is 14.6 Å². The number of amides is 1. The smallest absolute Gasteiger partial charge is 0.255 e. The van der Waals surface area contributed by atoms with Crippen molar-refractivity contribution in [2.24, 2.45) is 0 Å². The van der Waals surface area contributed by atoms with Crippen LogP contribution < -0.4 is 10.1 Å². The molecule has 0 radical (unpaired) electrons. The summed E-state index contributed by atoms with van der Waals surface area (Å²) in [6.45, 7) is 3.97. The highest BCUT2D eigenvalue weighted by molar-refractivity contribution is 6.04. The summed E-state index contributed by atoms with van der Waals surface area (Å²) >= 11 is 0. The summed E-state index contributed by atoms with van der Waals surface area (Å²) < 4.78 is 6.07. The molecule has 4 aromatic carbocycles. The van der Waals surface area contributed by atoms with E-state index in [0.29, 0.717) is 17.0 Å². The maximum atomic E-state index is 12.7. The largest absolute Gasteiger partial charge is 0.508 e. The molecule has 0 atom stereocenters. The van der Waals surface area contributed by atoms with Gasteiger partial charge in [-0.2, -0.15) is 0 Å². The van der Waals surface area contributed by atoms with Crippen molar-refractivity contribution in [1.29, 1.82) is 0 Å². The van der Waals surface area contributed by atoms with E-state index in [0.717, 1.165) is 28.0 Å². The number of carbonyl (C=O) groups excluding carboxylic acids is 1. The lowest BCUT2D eigenvalue weighted by Crippen LogP contribution is -2.11. The average Bonchev–Trinajstić information content (AvgIpc) is 2.78. The van der Waals surface area contributed by atoms with Crippen LogP contribution in [-0.2, 0) is 0 Å².